The number of aromatic nitrogens is 1. The lowest BCUT2D eigenvalue weighted by Gasteiger charge is -2.18. The fourth-order valence-electron chi connectivity index (χ4n) is 3.08. The van der Waals surface area contributed by atoms with E-state index in [1.807, 2.05) is 12.1 Å². The molecule has 2 aromatic carbocycles. The molecule has 2 unspecified atom stereocenters. The summed E-state index contributed by atoms with van der Waals surface area (Å²) < 4.78 is 39.3. The summed E-state index contributed by atoms with van der Waals surface area (Å²) in [6, 6.07) is 17.6. The lowest BCUT2D eigenvalue weighted by molar-refractivity contribution is -0.151. The molecular weight excluding hydrogens is 462 g/mol. The number of carbonyl (C=O) groups excluding carboxylic acids is 1. The number of hydrogen-bond acceptors (Lipinski definition) is 5. The topological polar surface area (TPSA) is 72.2 Å². The lowest BCUT2D eigenvalue weighted by atomic mass is 9.94. The van der Waals surface area contributed by atoms with Gasteiger partial charge in [0.05, 0.1) is 11.6 Å². The number of halogens is 3. The van der Waals surface area contributed by atoms with Crippen LogP contribution in [0.25, 0.3) is 6.08 Å². The Morgan fingerprint density at radius 2 is 1.76 bits per heavy atom. The molecule has 0 bridgehead atoms. The molecule has 0 saturated heterocycles. The molecule has 34 heavy (non-hydrogen) atoms. The van der Waals surface area contributed by atoms with Crippen molar-refractivity contribution in [2.45, 2.75) is 20.0 Å². The Labute approximate surface area is 201 Å². The number of benzene rings is 2. The molecular formula is C26H21ClF2N2O3. The van der Waals surface area contributed by atoms with Crippen LogP contribution in [0, 0.1) is 34.8 Å². The third-order valence-electron chi connectivity index (χ3n) is 4.84. The van der Waals surface area contributed by atoms with Crippen molar-refractivity contribution in [2.75, 3.05) is 0 Å². The van der Waals surface area contributed by atoms with Crippen LogP contribution in [-0.2, 0) is 9.53 Å². The van der Waals surface area contributed by atoms with Crippen LogP contribution in [0.5, 0.6) is 11.6 Å². The minimum Gasteiger partial charge on any atom is -0.440 e. The summed E-state index contributed by atoms with van der Waals surface area (Å²) in [4.78, 5) is 17.1. The van der Waals surface area contributed by atoms with E-state index in [2.05, 4.69) is 4.98 Å². The molecule has 0 fully saturated rings. The van der Waals surface area contributed by atoms with Gasteiger partial charge in [0.25, 0.3) is 0 Å². The van der Waals surface area contributed by atoms with Gasteiger partial charge in [0, 0.05) is 16.7 Å². The van der Waals surface area contributed by atoms with Crippen LogP contribution < -0.4 is 4.74 Å². The van der Waals surface area contributed by atoms with E-state index in [0.717, 1.165) is 12.1 Å². The first-order valence-corrected chi connectivity index (χ1v) is 10.8. The van der Waals surface area contributed by atoms with E-state index in [1.54, 1.807) is 50.2 Å². The highest BCUT2D eigenvalue weighted by Gasteiger charge is 2.26. The average Bonchev–Trinajstić information content (AvgIpc) is 2.79. The van der Waals surface area contributed by atoms with Gasteiger partial charge >= 0.3 is 5.97 Å². The van der Waals surface area contributed by atoms with Gasteiger partial charge in [0.1, 0.15) is 23.5 Å². The predicted octanol–water partition coefficient (Wildman–Crippen LogP) is 6.90. The number of nitriles is 1. The van der Waals surface area contributed by atoms with Crippen molar-refractivity contribution in [3.8, 4) is 17.7 Å². The molecule has 0 aliphatic rings. The second-order valence-corrected chi connectivity index (χ2v) is 8.11. The van der Waals surface area contributed by atoms with Gasteiger partial charge in [-0.2, -0.15) is 5.26 Å². The zero-order valence-corrected chi connectivity index (χ0v) is 19.2. The summed E-state index contributed by atoms with van der Waals surface area (Å²) >= 11 is 5.65. The molecule has 0 aliphatic carbocycles. The number of hydrogen-bond donors (Lipinski definition) is 0. The Kier molecular flexibility index (Phi) is 8.34. The van der Waals surface area contributed by atoms with E-state index in [-0.39, 0.29) is 28.1 Å². The summed E-state index contributed by atoms with van der Waals surface area (Å²) in [6.45, 7) is 3.50. The molecule has 3 rings (SSSR count). The first-order valence-electron chi connectivity index (χ1n) is 10.4. The summed E-state index contributed by atoms with van der Waals surface area (Å²) in [5, 5.41) is 9.52. The molecule has 3 aromatic rings. The van der Waals surface area contributed by atoms with Crippen molar-refractivity contribution >= 4 is 23.6 Å². The van der Waals surface area contributed by atoms with E-state index in [4.69, 9.17) is 21.1 Å². The van der Waals surface area contributed by atoms with Gasteiger partial charge in [-0.15, -0.1) is 0 Å². The quantitative estimate of drug-likeness (QED) is 0.326. The number of pyridine rings is 1. The minimum atomic E-state index is -1.30. The van der Waals surface area contributed by atoms with Gasteiger partial charge in [-0.25, -0.2) is 13.8 Å². The summed E-state index contributed by atoms with van der Waals surface area (Å²) in [5.74, 6) is -2.80. The molecule has 0 radical (unpaired) electrons. The van der Waals surface area contributed by atoms with Crippen LogP contribution in [-0.4, -0.2) is 11.0 Å². The molecule has 0 spiro atoms. The first kappa shape index (κ1) is 24.9. The van der Waals surface area contributed by atoms with Crippen molar-refractivity contribution in [3.05, 3.63) is 94.7 Å². The SMILES string of the molecule is CC(C)C(/C=C/c1c(F)cc(Cl)cc1F)C(=O)OC(C#N)c1cccc(Oc2ccccc2)n1. The molecule has 8 heteroatoms. The number of ether oxygens (including phenoxy) is 2. The fraction of sp³-hybridized carbons (Fsp3) is 0.192. The molecule has 5 nitrogen and oxygen atoms in total. The Balaban J connectivity index is 1.77. The van der Waals surface area contributed by atoms with Crippen LogP contribution in [0.15, 0.2) is 66.7 Å². The maximum atomic E-state index is 14.1. The van der Waals surface area contributed by atoms with Gasteiger partial charge in [-0.3, -0.25) is 4.79 Å². The van der Waals surface area contributed by atoms with E-state index >= 15 is 0 Å². The molecule has 0 aliphatic heterocycles. The van der Waals surface area contributed by atoms with Crippen LogP contribution in [0.1, 0.15) is 31.2 Å². The predicted molar refractivity (Wildman–Crippen MR) is 124 cm³/mol. The Hall–Kier alpha value is -3.76. The summed E-state index contributed by atoms with van der Waals surface area (Å²) in [6.07, 6.45) is 1.21. The molecule has 1 heterocycles. The van der Waals surface area contributed by atoms with Crippen LogP contribution >= 0.6 is 11.6 Å². The van der Waals surface area contributed by atoms with Crippen molar-refractivity contribution in [3.63, 3.8) is 0 Å². The minimum absolute atomic E-state index is 0.0743. The largest absolute Gasteiger partial charge is 0.440 e. The average molecular weight is 483 g/mol. The number of esters is 1. The molecule has 0 saturated carbocycles. The molecule has 174 valence electrons. The van der Waals surface area contributed by atoms with Crippen molar-refractivity contribution in [2.24, 2.45) is 11.8 Å². The number of rotatable bonds is 8. The van der Waals surface area contributed by atoms with Crippen LogP contribution in [0.4, 0.5) is 8.78 Å². The van der Waals surface area contributed by atoms with Gasteiger partial charge in [0.2, 0.25) is 12.0 Å². The highest BCUT2D eigenvalue weighted by atomic mass is 35.5. The van der Waals surface area contributed by atoms with Gasteiger partial charge in [-0.1, -0.05) is 61.9 Å². The second kappa shape index (κ2) is 11.4. The number of carbonyl (C=O) groups is 1. The van der Waals surface area contributed by atoms with E-state index in [1.165, 1.54) is 18.2 Å². The van der Waals surface area contributed by atoms with E-state index in [0.29, 0.717) is 5.75 Å². The highest BCUT2D eigenvalue weighted by molar-refractivity contribution is 6.30. The highest BCUT2D eigenvalue weighted by Crippen LogP contribution is 2.26. The molecule has 2 atom stereocenters. The Bertz CT molecular complexity index is 1200. The maximum Gasteiger partial charge on any atom is 0.314 e. The number of nitrogens with zero attached hydrogens (tertiary/aromatic N) is 2. The van der Waals surface area contributed by atoms with E-state index < -0.39 is 29.6 Å². The monoisotopic (exact) mass is 482 g/mol. The van der Waals surface area contributed by atoms with Gasteiger partial charge in [0.15, 0.2) is 0 Å². The van der Waals surface area contributed by atoms with Crippen molar-refractivity contribution in [1.82, 2.24) is 4.98 Å². The van der Waals surface area contributed by atoms with E-state index in [9.17, 15) is 18.8 Å². The fourth-order valence-corrected chi connectivity index (χ4v) is 3.27. The number of para-hydroxylation sites is 1. The van der Waals surface area contributed by atoms with Gasteiger partial charge in [-0.05, 0) is 36.2 Å². The standard InChI is InChI=1S/C26H21ClF2N2O3/c1-16(2)19(11-12-20-21(28)13-17(27)14-22(20)29)26(32)34-24(15-30)23-9-6-10-25(31-23)33-18-7-4-3-5-8-18/h3-14,16,19,24H,1-2H3/b12-11+. The molecule has 1 aromatic heterocycles. The maximum absolute atomic E-state index is 14.1. The zero-order valence-electron chi connectivity index (χ0n) is 18.4. The van der Waals surface area contributed by atoms with Crippen molar-refractivity contribution in [1.29, 1.82) is 5.26 Å². The second-order valence-electron chi connectivity index (χ2n) is 7.67. The third kappa shape index (κ3) is 6.40. The first-order chi connectivity index (χ1) is 16.3. The van der Waals surface area contributed by atoms with Crippen LogP contribution in [0.3, 0.4) is 0 Å². The zero-order chi connectivity index (χ0) is 24.7. The lowest BCUT2D eigenvalue weighted by Crippen LogP contribution is -2.23. The smallest absolute Gasteiger partial charge is 0.314 e. The summed E-state index contributed by atoms with van der Waals surface area (Å²) in [5.41, 5.74) is -0.141. The van der Waals surface area contributed by atoms with Crippen molar-refractivity contribution < 1.29 is 23.0 Å². The molecule has 0 amide bonds. The Morgan fingerprint density at radius 3 is 2.38 bits per heavy atom. The third-order valence-corrected chi connectivity index (χ3v) is 5.05. The Morgan fingerprint density at radius 1 is 1.09 bits per heavy atom. The normalized spacial score (nSPS) is 12.9. The molecule has 0 N–H and O–H groups in total. The van der Waals surface area contributed by atoms with Crippen LogP contribution in [0.2, 0.25) is 5.02 Å². The van der Waals surface area contributed by atoms with Gasteiger partial charge < -0.3 is 9.47 Å². The summed E-state index contributed by atoms with van der Waals surface area (Å²) in [7, 11) is 0.